The second kappa shape index (κ2) is 9.03. The second-order valence-electron chi connectivity index (χ2n) is 8.43. The largest absolute Gasteiger partial charge is 0.489 e. The number of halogens is 3. The molecule has 5 aromatic rings. The van der Waals surface area contributed by atoms with E-state index in [-0.39, 0.29) is 12.2 Å². The Morgan fingerprint density at radius 3 is 2.40 bits per heavy atom. The number of rotatable bonds is 6. The van der Waals surface area contributed by atoms with Crippen LogP contribution in [-0.4, -0.2) is 31.7 Å². The van der Waals surface area contributed by atoms with Gasteiger partial charge in [0.05, 0.1) is 17.2 Å². The van der Waals surface area contributed by atoms with E-state index in [9.17, 15) is 8.78 Å². The van der Waals surface area contributed by atoms with Crippen molar-refractivity contribution in [3.63, 3.8) is 0 Å². The van der Waals surface area contributed by atoms with E-state index in [1.807, 2.05) is 36.4 Å². The van der Waals surface area contributed by atoms with Crippen LogP contribution in [0.25, 0.3) is 32.9 Å². The molecule has 35 heavy (non-hydrogen) atoms. The minimum atomic E-state index is -2.65. The maximum Gasteiger partial charge on any atom is 0.319 e. The predicted molar refractivity (Wildman–Crippen MR) is 137 cm³/mol. The zero-order valence-electron chi connectivity index (χ0n) is 18.3. The van der Waals surface area contributed by atoms with Gasteiger partial charge in [-0.05, 0) is 58.5 Å². The Bertz CT molecular complexity index is 1500. The van der Waals surface area contributed by atoms with Gasteiger partial charge in [0.2, 0.25) is 5.88 Å². The fourth-order valence-electron chi connectivity index (χ4n) is 4.41. The van der Waals surface area contributed by atoms with Crippen molar-refractivity contribution in [2.24, 2.45) is 0 Å². The van der Waals surface area contributed by atoms with E-state index >= 15 is 0 Å². The smallest absolute Gasteiger partial charge is 0.319 e. The molecule has 0 unspecified atom stereocenters. The van der Waals surface area contributed by atoms with Crippen LogP contribution in [0, 0.1) is 3.70 Å². The lowest BCUT2D eigenvalue weighted by Gasteiger charge is -2.34. The van der Waals surface area contributed by atoms with E-state index in [1.165, 1.54) is 6.20 Å². The van der Waals surface area contributed by atoms with Crippen LogP contribution in [0.4, 0.5) is 8.78 Å². The Kier molecular flexibility index (Phi) is 5.71. The summed E-state index contributed by atoms with van der Waals surface area (Å²) in [7, 11) is 0. The number of hydrogen-bond donors (Lipinski definition) is 0. The highest BCUT2D eigenvalue weighted by Crippen LogP contribution is 2.35. The van der Waals surface area contributed by atoms with Gasteiger partial charge in [-0.3, -0.25) is 9.55 Å². The quantitative estimate of drug-likeness (QED) is 0.166. The fourth-order valence-corrected chi connectivity index (χ4v) is 4.73. The molecule has 0 bridgehead atoms. The van der Waals surface area contributed by atoms with Crippen LogP contribution < -0.4 is 9.47 Å². The van der Waals surface area contributed by atoms with Crippen molar-refractivity contribution in [3.8, 4) is 22.8 Å². The molecule has 1 aliphatic rings. The van der Waals surface area contributed by atoms with E-state index < -0.39 is 6.55 Å². The third kappa shape index (κ3) is 4.29. The van der Waals surface area contributed by atoms with Crippen molar-refractivity contribution in [2.45, 2.75) is 31.6 Å². The number of benzene rings is 1. The molecule has 0 radical (unpaired) electrons. The van der Waals surface area contributed by atoms with Crippen LogP contribution in [0.5, 0.6) is 11.6 Å². The van der Waals surface area contributed by atoms with Gasteiger partial charge in [0.15, 0.2) is 0 Å². The first-order chi connectivity index (χ1) is 17.0. The number of alkyl halides is 2. The van der Waals surface area contributed by atoms with Crippen LogP contribution in [0.3, 0.4) is 0 Å². The molecule has 0 N–H and O–H groups in total. The first-order valence-corrected chi connectivity index (χ1v) is 12.2. The lowest BCUT2D eigenvalue weighted by molar-refractivity contribution is 0.00208. The van der Waals surface area contributed by atoms with E-state index in [0.29, 0.717) is 22.3 Å². The molecule has 1 aliphatic carbocycles. The van der Waals surface area contributed by atoms with Gasteiger partial charge >= 0.3 is 6.55 Å². The van der Waals surface area contributed by atoms with Gasteiger partial charge in [0.1, 0.15) is 21.7 Å². The molecule has 6 nitrogen and oxygen atoms in total. The summed E-state index contributed by atoms with van der Waals surface area (Å²) in [5.41, 5.74) is 2.55. The summed E-state index contributed by atoms with van der Waals surface area (Å²) in [6, 6.07) is 14.7. The molecule has 0 atom stereocenters. The van der Waals surface area contributed by atoms with E-state index in [1.54, 1.807) is 30.7 Å². The molecule has 1 saturated carbocycles. The van der Waals surface area contributed by atoms with Crippen LogP contribution in [0.15, 0.2) is 73.3 Å². The first kappa shape index (κ1) is 22.1. The first-order valence-electron chi connectivity index (χ1n) is 11.1. The summed E-state index contributed by atoms with van der Waals surface area (Å²) in [4.78, 5) is 12.8. The number of ether oxygens (including phenoxy) is 2. The molecular formula is C26H19F2IN4O2. The molecule has 0 amide bonds. The van der Waals surface area contributed by atoms with Crippen molar-refractivity contribution < 1.29 is 18.3 Å². The molecule has 4 heterocycles. The van der Waals surface area contributed by atoms with Crippen molar-refractivity contribution >= 4 is 44.4 Å². The van der Waals surface area contributed by atoms with Gasteiger partial charge in [-0.2, -0.15) is 8.78 Å². The fraction of sp³-hybridized carbons (Fsp3) is 0.192. The number of nitrogens with zero attached hydrogens (tertiary/aromatic N) is 4. The standard InChI is InChI=1S/C26H19F2IN4O2/c27-26(28)33-22-7-8-30-14-21(22)20-4-1-15(9-23(20)33)16-2-6-25(32-12-16)35-19-10-18(11-19)34-17-3-5-24(29)31-13-17/h1-9,12-14,18-19,26H,10-11H2. The van der Waals surface area contributed by atoms with Crippen molar-refractivity contribution in [3.05, 3.63) is 77.0 Å². The van der Waals surface area contributed by atoms with Gasteiger partial charge in [-0.25, -0.2) is 9.97 Å². The predicted octanol–water partition coefficient (Wildman–Crippen LogP) is 6.64. The lowest BCUT2D eigenvalue weighted by Crippen LogP contribution is -2.41. The van der Waals surface area contributed by atoms with Gasteiger partial charge in [-0.15, -0.1) is 0 Å². The Hall–Kier alpha value is -3.34. The molecule has 6 rings (SSSR count). The van der Waals surface area contributed by atoms with Crippen molar-refractivity contribution in [2.75, 3.05) is 0 Å². The summed E-state index contributed by atoms with van der Waals surface area (Å²) in [5.74, 6) is 1.29. The van der Waals surface area contributed by atoms with Crippen LogP contribution in [0.2, 0.25) is 0 Å². The van der Waals surface area contributed by atoms with E-state index in [2.05, 4.69) is 37.5 Å². The number of pyridine rings is 3. The lowest BCUT2D eigenvalue weighted by atomic mass is 9.92. The van der Waals surface area contributed by atoms with Crippen LogP contribution in [0.1, 0.15) is 19.4 Å². The molecular weight excluding hydrogens is 565 g/mol. The SMILES string of the molecule is FC(F)n1c2ccncc2c2ccc(-c3ccc(OC4CC(Oc5ccc(I)nc5)C4)nc3)cc21. The summed E-state index contributed by atoms with van der Waals surface area (Å²) >= 11 is 2.16. The maximum atomic E-state index is 13.9. The maximum absolute atomic E-state index is 13.9. The Morgan fingerprint density at radius 1 is 0.829 bits per heavy atom. The Balaban J connectivity index is 1.16. The minimum Gasteiger partial charge on any atom is -0.489 e. The molecule has 0 saturated heterocycles. The summed E-state index contributed by atoms with van der Waals surface area (Å²) in [5, 5.41) is 1.45. The van der Waals surface area contributed by atoms with E-state index in [0.717, 1.165) is 43.4 Å². The third-order valence-electron chi connectivity index (χ3n) is 6.21. The highest BCUT2D eigenvalue weighted by molar-refractivity contribution is 14.1. The number of fused-ring (bicyclic) bond motifs is 3. The summed E-state index contributed by atoms with van der Waals surface area (Å²) < 4.78 is 41.6. The average molecular weight is 584 g/mol. The summed E-state index contributed by atoms with van der Waals surface area (Å²) in [6.07, 6.45) is 8.28. The zero-order valence-corrected chi connectivity index (χ0v) is 20.5. The van der Waals surface area contributed by atoms with Crippen molar-refractivity contribution in [1.29, 1.82) is 0 Å². The number of hydrogen-bond acceptors (Lipinski definition) is 5. The molecule has 176 valence electrons. The van der Waals surface area contributed by atoms with Gasteiger partial charge in [-0.1, -0.05) is 12.1 Å². The second-order valence-corrected chi connectivity index (χ2v) is 9.53. The van der Waals surface area contributed by atoms with Crippen LogP contribution in [-0.2, 0) is 0 Å². The normalized spacial score (nSPS) is 17.6. The molecule has 0 aliphatic heterocycles. The number of aromatic nitrogens is 4. The molecule has 4 aromatic heterocycles. The van der Waals surface area contributed by atoms with Gasteiger partial charge in [0, 0.05) is 53.8 Å². The highest BCUT2D eigenvalue weighted by atomic mass is 127. The monoisotopic (exact) mass is 584 g/mol. The Morgan fingerprint density at radius 2 is 1.66 bits per heavy atom. The summed E-state index contributed by atoms with van der Waals surface area (Å²) in [6.45, 7) is -2.65. The average Bonchev–Trinajstić information content (AvgIpc) is 3.18. The minimum absolute atomic E-state index is 0.0434. The zero-order chi connectivity index (χ0) is 23.9. The molecule has 9 heteroatoms. The topological polar surface area (TPSA) is 62.1 Å². The van der Waals surface area contributed by atoms with E-state index in [4.69, 9.17) is 9.47 Å². The van der Waals surface area contributed by atoms with Gasteiger partial charge in [0.25, 0.3) is 0 Å². The molecule has 1 aromatic carbocycles. The third-order valence-corrected chi connectivity index (χ3v) is 6.85. The van der Waals surface area contributed by atoms with Crippen molar-refractivity contribution in [1.82, 2.24) is 19.5 Å². The highest BCUT2D eigenvalue weighted by Gasteiger charge is 2.33. The van der Waals surface area contributed by atoms with Crippen LogP contribution >= 0.6 is 22.6 Å². The Labute approximate surface area is 213 Å². The van der Waals surface area contributed by atoms with Gasteiger partial charge < -0.3 is 9.47 Å². The molecule has 1 fully saturated rings. The molecule has 0 spiro atoms.